The summed E-state index contributed by atoms with van der Waals surface area (Å²) >= 11 is 5.90. The molecule has 5 heteroatoms. The number of aromatic nitrogens is 1. The third kappa shape index (κ3) is 6.15. The number of halogens is 1. The smallest absolute Gasteiger partial charge is 0.269 e. The van der Waals surface area contributed by atoms with Crippen molar-refractivity contribution in [3.05, 3.63) is 53.3 Å². The average Bonchev–Trinajstić information content (AvgIpc) is 2.65. The van der Waals surface area contributed by atoms with Crippen LogP contribution in [0.3, 0.4) is 0 Å². The van der Waals surface area contributed by atoms with Crippen LogP contribution in [0, 0.1) is 0 Å². The molecule has 0 aliphatic carbocycles. The maximum atomic E-state index is 12.1. The predicted octanol–water partition coefficient (Wildman–Crippen LogP) is 4.25. The van der Waals surface area contributed by atoms with E-state index in [1.807, 2.05) is 30.3 Å². The van der Waals surface area contributed by atoms with Crippen molar-refractivity contribution in [2.75, 3.05) is 26.2 Å². The van der Waals surface area contributed by atoms with Gasteiger partial charge in [0.1, 0.15) is 5.69 Å². The molecule has 134 valence electrons. The number of carbonyl (C=O) groups excluding carboxylic acids is 1. The van der Waals surface area contributed by atoms with E-state index in [1.165, 1.54) is 0 Å². The topological polar surface area (TPSA) is 45.2 Å². The Morgan fingerprint density at radius 3 is 2.32 bits per heavy atom. The van der Waals surface area contributed by atoms with E-state index in [9.17, 15) is 4.79 Å². The zero-order valence-corrected chi connectivity index (χ0v) is 15.7. The second-order valence-electron chi connectivity index (χ2n) is 5.93. The molecule has 1 aromatic heterocycles. The van der Waals surface area contributed by atoms with Crippen LogP contribution < -0.4 is 5.32 Å². The minimum Gasteiger partial charge on any atom is -0.351 e. The second kappa shape index (κ2) is 10.2. The van der Waals surface area contributed by atoms with Gasteiger partial charge in [0.25, 0.3) is 5.91 Å². The summed E-state index contributed by atoms with van der Waals surface area (Å²) in [5, 5.41) is 3.64. The molecule has 0 radical (unpaired) electrons. The lowest BCUT2D eigenvalue weighted by Crippen LogP contribution is -2.27. The van der Waals surface area contributed by atoms with Crippen LogP contribution in [-0.2, 0) is 0 Å². The van der Waals surface area contributed by atoms with Gasteiger partial charge in [-0.3, -0.25) is 9.78 Å². The van der Waals surface area contributed by atoms with Crippen molar-refractivity contribution in [3.63, 3.8) is 0 Å². The Morgan fingerprint density at radius 1 is 1.04 bits per heavy atom. The summed E-state index contributed by atoms with van der Waals surface area (Å²) in [6.45, 7) is 8.26. The molecule has 0 saturated carbocycles. The zero-order chi connectivity index (χ0) is 18.1. The molecular formula is C20H26ClN3O. The van der Waals surface area contributed by atoms with Gasteiger partial charge in [-0.25, -0.2) is 0 Å². The van der Waals surface area contributed by atoms with E-state index < -0.39 is 0 Å². The molecule has 1 N–H and O–H groups in total. The van der Waals surface area contributed by atoms with Crippen LogP contribution in [0.5, 0.6) is 0 Å². The van der Waals surface area contributed by atoms with Gasteiger partial charge in [0.05, 0.1) is 0 Å². The van der Waals surface area contributed by atoms with Gasteiger partial charge in [-0.15, -0.1) is 0 Å². The molecule has 0 atom stereocenters. The number of unbranched alkanes of at least 4 members (excludes halogenated alkanes) is 1. The van der Waals surface area contributed by atoms with Crippen LogP contribution in [-0.4, -0.2) is 42.0 Å². The maximum absolute atomic E-state index is 12.1. The highest BCUT2D eigenvalue weighted by Gasteiger charge is 2.07. The van der Waals surface area contributed by atoms with Gasteiger partial charge < -0.3 is 10.2 Å². The summed E-state index contributed by atoms with van der Waals surface area (Å²) in [7, 11) is 0. The van der Waals surface area contributed by atoms with Crippen LogP contribution in [0.15, 0.2) is 42.6 Å². The highest BCUT2D eigenvalue weighted by Crippen LogP contribution is 2.20. The lowest BCUT2D eigenvalue weighted by Gasteiger charge is -2.17. The van der Waals surface area contributed by atoms with E-state index in [1.54, 1.807) is 12.3 Å². The number of nitrogens with zero attached hydrogens (tertiary/aromatic N) is 2. The maximum Gasteiger partial charge on any atom is 0.269 e. The third-order valence-corrected chi connectivity index (χ3v) is 4.51. The molecule has 0 bridgehead atoms. The van der Waals surface area contributed by atoms with Gasteiger partial charge in [0.2, 0.25) is 0 Å². The Balaban J connectivity index is 1.79. The van der Waals surface area contributed by atoms with Crippen LogP contribution in [0.25, 0.3) is 11.1 Å². The van der Waals surface area contributed by atoms with E-state index in [-0.39, 0.29) is 5.91 Å². The van der Waals surface area contributed by atoms with Gasteiger partial charge in [-0.05, 0) is 56.2 Å². The summed E-state index contributed by atoms with van der Waals surface area (Å²) in [6.07, 6.45) is 3.79. The summed E-state index contributed by atoms with van der Waals surface area (Å²) in [5.41, 5.74) is 2.44. The fourth-order valence-electron chi connectivity index (χ4n) is 2.63. The fourth-order valence-corrected chi connectivity index (χ4v) is 2.76. The summed E-state index contributed by atoms with van der Waals surface area (Å²) < 4.78 is 0. The Morgan fingerprint density at radius 2 is 1.72 bits per heavy atom. The Kier molecular flexibility index (Phi) is 7.89. The summed E-state index contributed by atoms with van der Waals surface area (Å²) in [4.78, 5) is 18.8. The summed E-state index contributed by atoms with van der Waals surface area (Å²) in [6, 6.07) is 11.2. The standard InChI is InChI=1S/C20H26ClN3O/c1-3-24(4-2)14-6-5-13-22-20(25)19-12-9-17(15-23-19)16-7-10-18(21)11-8-16/h7-12,15H,3-6,13-14H2,1-2H3,(H,22,25). The number of amides is 1. The lowest BCUT2D eigenvalue weighted by molar-refractivity contribution is 0.0947. The predicted molar refractivity (Wildman–Crippen MR) is 104 cm³/mol. The number of pyridine rings is 1. The quantitative estimate of drug-likeness (QED) is 0.680. The number of hydrogen-bond donors (Lipinski definition) is 1. The van der Waals surface area contributed by atoms with Crippen LogP contribution in [0.2, 0.25) is 5.02 Å². The number of benzene rings is 1. The largest absolute Gasteiger partial charge is 0.351 e. The molecule has 1 heterocycles. The van der Waals surface area contributed by atoms with Crippen molar-refractivity contribution in [3.8, 4) is 11.1 Å². The Hall–Kier alpha value is -1.91. The molecule has 2 aromatic rings. The number of rotatable bonds is 9. The van der Waals surface area contributed by atoms with Crippen molar-refractivity contribution >= 4 is 17.5 Å². The van der Waals surface area contributed by atoms with E-state index in [0.717, 1.165) is 43.6 Å². The molecule has 0 aliphatic heterocycles. The van der Waals surface area contributed by atoms with Crippen molar-refractivity contribution in [1.82, 2.24) is 15.2 Å². The number of hydrogen-bond acceptors (Lipinski definition) is 3. The molecule has 2 rings (SSSR count). The minimum absolute atomic E-state index is 0.120. The normalized spacial score (nSPS) is 10.9. The molecular weight excluding hydrogens is 334 g/mol. The molecule has 0 aliphatic rings. The molecule has 4 nitrogen and oxygen atoms in total. The van der Waals surface area contributed by atoms with Gasteiger partial charge in [-0.2, -0.15) is 0 Å². The first-order chi connectivity index (χ1) is 12.1. The van der Waals surface area contributed by atoms with Gasteiger partial charge >= 0.3 is 0 Å². The molecule has 25 heavy (non-hydrogen) atoms. The van der Waals surface area contributed by atoms with E-state index in [2.05, 4.69) is 29.0 Å². The van der Waals surface area contributed by atoms with Crippen molar-refractivity contribution in [1.29, 1.82) is 0 Å². The van der Waals surface area contributed by atoms with E-state index in [0.29, 0.717) is 17.3 Å². The highest BCUT2D eigenvalue weighted by atomic mass is 35.5. The second-order valence-corrected chi connectivity index (χ2v) is 6.37. The Bertz CT molecular complexity index is 652. The molecule has 0 fully saturated rings. The number of nitrogens with one attached hydrogen (secondary N) is 1. The monoisotopic (exact) mass is 359 g/mol. The molecule has 1 aromatic carbocycles. The van der Waals surface area contributed by atoms with Gasteiger partial charge in [0, 0.05) is 23.3 Å². The van der Waals surface area contributed by atoms with E-state index in [4.69, 9.17) is 11.6 Å². The molecule has 0 saturated heterocycles. The third-order valence-electron chi connectivity index (χ3n) is 4.25. The van der Waals surface area contributed by atoms with E-state index >= 15 is 0 Å². The highest BCUT2D eigenvalue weighted by molar-refractivity contribution is 6.30. The molecule has 1 amide bonds. The van der Waals surface area contributed by atoms with Crippen molar-refractivity contribution < 1.29 is 4.79 Å². The van der Waals surface area contributed by atoms with Crippen LogP contribution >= 0.6 is 11.6 Å². The van der Waals surface area contributed by atoms with Crippen LogP contribution in [0.1, 0.15) is 37.2 Å². The average molecular weight is 360 g/mol. The summed E-state index contributed by atoms with van der Waals surface area (Å²) in [5.74, 6) is -0.120. The Labute approximate surface area is 155 Å². The first-order valence-corrected chi connectivity index (χ1v) is 9.24. The van der Waals surface area contributed by atoms with Crippen molar-refractivity contribution in [2.24, 2.45) is 0 Å². The number of carbonyl (C=O) groups is 1. The fraction of sp³-hybridized carbons (Fsp3) is 0.400. The molecule has 0 spiro atoms. The zero-order valence-electron chi connectivity index (χ0n) is 15.0. The van der Waals surface area contributed by atoms with Crippen molar-refractivity contribution in [2.45, 2.75) is 26.7 Å². The minimum atomic E-state index is -0.120. The SMILES string of the molecule is CCN(CC)CCCCNC(=O)c1ccc(-c2ccc(Cl)cc2)cn1. The lowest BCUT2D eigenvalue weighted by atomic mass is 10.1. The first-order valence-electron chi connectivity index (χ1n) is 8.86. The van der Waals surface area contributed by atoms with Crippen LogP contribution in [0.4, 0.5) is 0 Å². The molecule has 0 unspecified atom stereocenters. The van der Waals surface area contributed by atoms with Gasteiger partial charge in [0.15, 0.2) is 0 Å². The van der Waals surface area contributed by atoms with Gasteiger partial charge in [-0.1, -0.05) is 43.6 Å². The first kappa shape index (κ1) is 19.4.